The van der Waals surface area contributed by atoms with Gasteiger partial charge in [0.2, 0.25) is 0 Å². The minimum absolute atomic E-state index is 0.110. The first-order valence-corrected chi connectivity index (χ1v) is 8.90. The van der Waals surface area contributed by atoms with E-state index in [4.69, 9.17) is 15.2 Å². The van der Waals surface area contributed by atoms with Crippen molar-refractivity contribution in [3.05, 3.63) is 28.7 Å². The second kappa shape index (κ2) is 7.90. The summed E-state index contributed by atoms with van der Waals surface area (Å²) in [6, 6.07) is 5.78. The van der Waals surface area contributed by atoms with Gasteiger partial charge in [-0.05, 0) is 30.3 Å². The Hall–Kier alpha value is -2.03. The van der Waals surface area contributed by atoms with E-state index in [-0.39, 0.29) is 17.2 Å². The fourth-order valence-electron chi connectivity index (χ4n) is 2.90. The molecule has 2 saturated heterocycles. The van der Waals surface area contributed by atoms with Gasteiger partial charge in [-0.3, -0.25) is 14.9 Å². The maximum absolute atomic E-state index is 11.9. The molecule has 1 aromatic carbocycles. The highest BCUT2D eigenvalue weighted by molar-refractivity contribution is 8.18. The number of methoxy groups -OCH3 is 1. The Morgan fingerprint density at radius 2 is 2.24 bits per heavy atom. The second-order valence-corrected chi connectivity index (χ2v) is 6.90. The molecule has 7 nitrogen and oxygen atoms in total. The Morgan fingerprint density at radius 1 is 1.40 bits per heavy atom. The van der Waals surface area contributed by atoms with Gasteiger partial charge in [0.05, 0.1) is 17.2 Å². The number of nitrogens with zero attached hydrogens (tertiary/aromatic N) is 1. The molecular weight excluding hydrogens is 342 g/mol. The van der Waals surface area contributed by atoms with Gasteiger partial charge < -0.3 is 20.1 Å². The van der Waals surface area contributed by atoms with Crippen LogP contribution in [0.25, 0.3) is 6.08 Å². The normalized spacial score (nSPS) is 21.9. The van der Waals surface area contributed by atoms with Crippen molar-refractivity contribution in [3.63, 3.8) is 0 Å². The summed E-state index contributed by atoms with van der Waals surface area (Å²) in [5.74, 6) is 0.347. The molecule has 0 spiro atoms. The number of para-hydroxylation sites is 1. The van der Waals surface area contributed by atoms with Crippen molar-refractivity contribution >= 4 is 34.7 Å². The fraction of sp³-hybridized carbons (Fsp3) is 0.412. The first-order valence-electron chi connectivity index (χ1n) is 8.08. The predicted molar refractivity (Wildman–Crippen MR) is 97.7 cm³/mol. The number of nitrogens with one attached hydrogen (secondary N) is 1. The molecule has 0 aliphatic carbocycles. The van der Waals surface area contributed by atoms with Crippen LogP contribution in [0.4, 0.5) is 10.5 Å². The van der Waals surface area contributed by atoms with Crippen LogP contribution in [0.5, 0.6) is 5.75 Å². The van der Waals surface area contributed by atoms with Gasteiger partial charge in [-0.1, -0.05) is 12.1 Å². The number of hydrogen-bond acceptors (Lipinski definition) is 7. The second-order valence-electron chi connectivity index (χ2n) is 5.88. The Morgan fingerprint density at radius 3 is 2.88 bits per heavy atom. The Balaban J connectivity index is 1.96. The lowest BCUT2D eigenvalue weighted by atomic mass is 10.1. The molecule has 2 aliphatic heterocycles. The van der Waals surface area contributed by atoms with Gasteiger partial charge in [0, 0.05) is 31.8 Å². The number of hydrogen-bond donors (Lipinski definition) is 2. The summed E-state index contributed by atoms with van der Waals surface area (Å²) in [6.45, 7) is 2.45. The first kappa shape index (κ1) is 17.8. The summed E-state index contributed by atoms with van der Waals surface area (Å²) < 4.78 is 10.9. The molecule has 1 unspecified atom stereocenters. The van der Waals surface area contributed by atoms with Gasteiger partial charge in [0.1, 0.15) is 12.4 Å². The Kier molecular flexibility index (Phi) is 5.62. The highest BCUT2D eigenvalue weighted by Gasteiger charge is 2.28. The third-order valence-electron chi connectivity index (χ3n) is 4.04. The molecule has 3 rings (SSSR count). The van der Waals surface area contributed by atoms with Gasteiger partial charge in [-0.25, -0.2) is 0 Å². The van der Waals surface area contributed by atoms with Crippen LogP contribution in [0.2, 0.25) is 0 Å². The lowest BCUT2D eigenvalue weighted by Gasteiger charge is -2.24. The van der Waals surface area contributed by atoms with Crippen molar-refractivity contribution in [2.75, 3.05) is 38.3 Å². The van der Waals surface area contributed by atoms with Crippen LogP contribution in [0.1, 0.15) is 12.0 Å². The minimum atomic E-state index is -0.371. The molecule has 25 heavy (non-hydrogen) atoms. The average molecular weight is 363 g/mol. The summed E-state index contributed by atoms with van der Waals surface area (Å²) in [4.78, 5) is 25.8. The van der Waals surface area contributed by atoms with Gasteiger partial charge >= 0.3 is 0 Å². The summed E-state index contributed by atoms with van der Waals surface area (Å²) in [5, 5.41) is 1.92. The largest absolute Gasteiger partial charge is 0.489 e. The molecule has 2 aliphatic rings. The van der Waals surface area contributed by atoms with Crippen molar-refractivity contribution in [1.82, 2.24) is 5.32 Å². The number of anilines is 1. The number of carbonyl (C=O) groups is 2. The number of nitrogens with two attached hydrogens (primary N) is 1. The number of rotatable bonds is 6. The quantitative estimate of drug-likeness (QED) is 0.585. The summed E-state index contributed by atoms with van der Waals surface area (Å²) >= 11 is 0.905. The van der Waals surface area contributed by atoms with Gasteiger partial charge in [0.25, 0.3) is 11.1 Å². The molecule has 0 saturated carbocycles. The third-order valence-corrected chi connectivity index (χ3v) is 4.86. The van der Waals surface area contributed by atoms with Gasteiger partial charge in [0.15, 0.2) is 0 Å². The monoisotopic (exact) mass is 363 g/mol. The number of thioether (sulfide) groups is 1. The molecule has 2 fully saturated rings. The molecule has 3 N–H and O–H groups in total. The maximum Gasteiger partial charge on any atom is 0.290 e. The van der Waals surface area contributed by atoms with Gasteiger partial charge in [-0.2, -0.15) is 0 Å². The topological polar surface area (TPSA) is 93.9 Å². The lowest BCUT2D eigenvalue weighted by molar-refractivity contribution is -0.115. The van der Waals surface area contributed by atoms with E-state index < -0.39 is 0 Å². The van der Waals surface area contributed by atoms with E-state index in [0.29, 0.717) is 18.1 Å². The smallest absolute Gasteiger partial charge is 0.290 e. The maximum atomic E-state index is 11.9. The van der Waals surface area contributed by atoms with Crippen LogP contribution in [-0.2, 0) is 9.53 Å². The van der Waals surface area contributed by atoms with Crippen molar-refractivity contribution < 1.29 is 19.1 Å². The molecule has 0 aromatic heterocycles. The van der Waals surface area contributed by atoms with E-state index in [2.05, 4.69) is 10.2 Å². The van der Waals surface area contributed by atoms with E-state index in [0.717, 1.165) is 48.3 Å². The number of imide groups is 1. The van der Waals surface area contributed by atoms with Crippen molar-refractivity contribution in [1.29, 1.82) is 0 Å². The van der Waals surface area contributed by atoms with E-state index in [1.807, 2.05) is 18.2 Å². The fourth-order valence-corrected chi connectivity index (χ4v) is 3.57. The molecule has 1 aromatic rings. The van der Waals surface area contributed by atoms with E-state index in [1.165, 1.54) is 0 Å². The molecule has 2 amide bonds. The van der Waals surface area contributed by atoms with Crippen molar-refractivity contribution in [2.45, 2.75) is 12.5 Å². The predicted octanol–water partition coefficient (Wildman–Crippen LogP) is 1.57. The van der Waals surface area contributed by atoms with Crippen LogP contribution in [0.15, 0.2) is 23.1 Å². The van der Waals surface area contributed by atoms with Crippen LogP contribution in [-0.4, -0.2) is 50.6 Å². The van der Waals surface area contributed by atoms with E-state index in [9.17, 15) is 9.59 Å². The van der Waals surface area contributed by atoms with E-state index in [1.54, 1.807) is 13.2 Å². The number of benzene rings is 1. The summed E-state index contributed by atoms with van der Waals surface area (Å²) in [5.41, 5.74) is 7.78. The van der Waals surface area contributed by atoms with Crippen LogP contribution in [0, 0.1) is 0 Å². The highest BCUT2D eigenvalue weighted by Crippen LogP contribution is 2.37. The molecular formula is C17H21N3O4S. The zero-order valence-corrected chi connectivity index (χ0v) is 14.8. The van der Waals surface area contributed by atoms with Gasteiger partial charge in [-0.15, -0.1) is 0 Å². The highest BCUT2D eigenvalue weighted by atomic mass is 32.2. The Bertz CT molecular complexity index is 707. The van der Waals surface area contributed by atoms with Crippen LogP contribution >= 0.6 is 11.8 Å². The molecule has 2 heterocycles. The number of ether oxygens (including phenoxy) is 2. The molecule has 1 atom stereocenters. The number of carbonyl (C=O) groups excluding carboxylic acids is 2. The van der Waals surface area contributed by atoms with Crippen molar-refractivity contribution in [2.24, 2.45) is 5.73 Å². The van der Waals surface area contributed by atoms with E-state index >= 15 is 0 Å². The molecule has 8 heteroatoms. The Labute approximate surface area is 150 Å². The number of amides is 2. The standard InChI is InChI=1S/C17H21N3O4S/c1-23-7-8-24-13-4-2-3-11(9-14-16(21)19-17(22)25-14)15(13)20-6-5-12(18)10-20/h2-4,9,12H,5-8,10,18H2,1H3,(H,19,21,22). The zero-order valence-electron chi connectivity index (χ0n) is 14.0. The molecule has 134 valence electrons. The van der Waals surface area contributed by atoms with Crippen LogP contribution in [0.3, 0.4) is 0 Å². The average Bonchev–Trinajstić information content (AvgIpc) is 3.13. The molecule has 0 bridgehead atoms. The minimum Gasteiger partial charge on any atom is -0.489 e. The van der Waals surface area contributed by atoms with Crippen molar-refractivity contribution in [3.8, 4) is 5.75 Å². The summed E-state index contributed by atoms with van der Waals surface area (Å²) in [7, 11) is 1.62. The van der Waals surface area contributed by atoms with Crippen LogP contribution < -0.4 is 20.7 Å². The third kappa shape index (κ3) is 4.15. The zero-order chi connectivity index (χ0) is 17.8. The lowest BCUT2D eigenvalue weighted by Crippen LogP contribution is -2.27. The SMILES string of the molecule is COCCOc1cccc(C=C2SC(=O)NC2=O)c1N1CCC(N)C1. The summed E-state index contributed by atoms with van der Waals surface area (Å²) in [6.07, 6.45) is 2.63. The first-order chi connectivity index (χ1) is 12.1. The molecule has 0 radical (unpaired) electrons.